The molecule has 3 rings (SSSR count). The van der Waals surface area contributed by atoms with E-state index in [0.717, 1.165) is 24.2 Å². The minimum absolute atomic E-state index is 0.0475. The monoisotopic (exact) mass is 396 g/mol. The summed E-state index contributed by atoms with van der Waals surface area (Å²) in [4.78, 5) is 23.0. The summed E-state index contributed by atoms with van der Waals surface area (Å²) < 4.78 is 3.47. The lowest BCUT2D eigenvalue weighted by atomic mass is 10.1. The van der Waals surface area contributed by atoms with E-state index in [0.29, 0.717) is 30.0 Å². The highest BCUT2D eigenvalue weighted by molar-refractivity contribution is 5.94. The Labute approximate surface area is 168 Å². The third kappa shape index (κ3) is 4.87. The maximum atomic E-state index is 12.3. The number of nitrogens with zero attached hydrogens (tertiary/aromatic N) is 5. The first kappa shape index (κ1) is 20.2. The lowest BCUT2D eigenvalue weighted by Crippen LogP contribution is -2.25. The van der Waals surface area contributed by atoms with E-state index in [-0.39, 0.29) is 11.6 Å². The number of carbonyl (C=O) groups is 1. The van der Waals surface area contributed by atoms with E-state index in [1.165, 1.54) is 0 Å². The van der Waals surface area contributed by atoms with Crippen LogP contribution in [-0.2, 0) is 13.1 Å². The number of aryl methyl sites for hydroxylation is 3. The first-order valence-corrected chi connectivity index (χ1v) is 9.40. The number of carbonyl (C=O) groups excluding carboxylic acids is 1. The number of aromatic nitrogens is 4. The Morgan fingerprint density at radius 3 is 2.45 bits per heavy atom. The van der Waals surface area contributed by atoms with Gasteiger partial charge in [0.25, 0.3) is 5.91 Å². The summed E-state index contributed by atoms with van der Waals surface area (Å²) in [7, 11) is 0. The van der Waals surface area contributed by atoms with Gasteiger partial charge in [-0.15, -0.1) is 0 Å². The second-order valence-electron chi connectivity index (χ2n) is 6.96. The van der Waals surface area contributed by atoms with Crippen LogP contribution in [-0.4, -0.2) is 36.9 Å². The molecule has 152 valence electrons. The van der Waals surface area contributed by atoms with E-state index in [4.69, 9.17) is 0 Å². The van der Waals surface area contributed by atoms with Crippen LogP contribution in [0.25, 0.3) is 0 Å². The fourth-order valence-electron chi connectivity index (χ4n) is 3.17. The third-order valence-corrected chi connectivity index (χ3v) is 4.70. The van der Waals surface area contributed by atoms with Gasteiger partial charge in [0.2, 0.25) is 0 Å². The van der Waals surface area contributed by atoms with Gasteiger partial charge in [0.05, 0.1) is 17.2 Å². The number of benzene rings is 1. The second-order valence-corrected chi connectivity index (χ2v) is 6.96. The molecule has 0 aliphatic carbocycles. The Kier molecular flexibility index (Phi) is 6.06. The van der Waals surface area contributed by atoms with Crippen LogP contribution in [0.1, 0.15) is 39.4 Å². The largest absolute Gasteiger partial charge is 0.352 e. The van der Waals surface area contributed by atoms with Crippen LogP contribution in [0.5, 0.6) is 0 Å². The molecule has 2 heterocycles. The molecule has 0 saturated heterocycles. The van der Waals surface area contributed by atoms with Gasteiger partial charge >= 0.3 is 5.69 Å². The fraction of sp³-hybridized carbons (Fsp3) is 0.350. The molecule has 0 aliphatic rings. The molecule has 0 fully saturated rings. The maximum absolute atomic E-state index is 12.3. The predicted molar refractivity (Wildman–Crippen MR) is 108 cm³/mol. The van der Waals surface area contributed by atoms with Crippen molar-refractivity contribution in [3.8, 4) is 0 Å². The molecule has 29 heavy (non-hydrogen) atoms. The van der Waals surface area contributed by atoms with Gasteiger partial charge in [0.15, 0.2) is 0 Å². The van der Waals surface area contributed by atoms with E-state index in [2.05, 4.69) is 15.5 Å². The molecule has 0 aliphatic heterocycles. The number of rotatable bonds is 8. The first-order chi connectivity index (χ1) is 13.8. The topological polar surface area (TPSA) is 108 Å². The average Bonchev–Trinajstić information content (AvgIpc) is 3.21. The maximum Gasteiger partial charge on any atom is 0.312 e. The molecule has 1 N–H and O–H groups in total. The number of nitro groups is 1. The first-order valence-electron chi connectivity index (χ1n) is 9.40. The molecular formula is C20H24N6O3. The molecule has 1 aromatic carbocycles. The molecule has 0 spiro atoms. The Morgan fingerprint density at radius 1 is 1.14 bits per heavy atom. The van der Waals surface area contributed by atoms with Crippen LogP contribution >= 0.6 is 0 Å². The number of nitrogens with one attached hydrogen (secondary N) is 1. The molecular weight excluding hydrogens is 372 g/mol. The van der Waals surface area contributed by atoms with Crippen molar-refractivity contribution >= 4 is 11.6 Å². The van der Waals surface area contributed by atoms with Gasteiger partial charge in [-0.25, -0.2) is 0 Å². The van der Waals surface area contributed by atoms with Crippen LogP contribution in [0.2, 0.25) is 0 Å². The van der Waals surface area contributed by atoms with E-state index >= 15 is 0 Å². The lowest BCUT2D eigenvalue weighted by molar-refractivity contribution is -0.386. The van der Waals surface area contributed by atoms with Crippen molar-refractivity contribution in [2.45, 2.75) is 40.3 Å². The summed E-state index contributed by atoms with van der Waals surface area (Å²) in [5, 5.41) is 22.6. The Hall–Kier alpha value is -3.49. The quantitative estimate of drug-likeness (QED) is 0.358. The third-order valence-electron chi connectivity index (χ3n) is 4.70. The van der Waals surface area contributed by atoms with E-state index < -0.39 is 4.92 Å². The van der Waals surface area contributed by atoms with Crippen molar-refractivity contribution in [2.24, 2.45) is 0 Å². The SMILES string of the molecule is Cc1ccn(CCCNC(=O)c2ccc(Cn3nc(C)c([N+](=O)[O-])c3C)cc2)n1. The van der Waals surface area contributed by atoms with Gasteiger partial charge in [-0.2, -0.15) is 10.2 Å². The van der Waals surface area contributed by atoms with Crippen LogP contribution in [0.15, 0.2) is 36.5 Å². The van der Waals surface area contributed by atoms with Crippen molar-refractivity contribution in [3.63, 3.8) is 0 Å². The lowest BCUT2D eigenvalue weighted by Gasteiger charge is -2.07. The second kappa shape index (κ2) is 8.68. The highest BCUT2D eigenvalue weighted by Crippen LogP contribution is 2.22. The Balaban J connectivity index is 1.53. The van der Waals surface area contributed by atoms with Gasteiger partial charge in [-0.3, -0.25) is 24.3 Å². The molecule has 0 atom stereocenters. The summed E-state index contributed by atoms with van der Waals surface area (Å²) >= 11 is 0. The predicted octanol–water partition coefficient (Wildman–Crippen LogP) is 2.78. The van der Waals surface area contributed by atoms with Gasteiger partial charge < -0.3 is 5.32 Å². The smallest absolute Gasteiger partial charge is 0.312 e. The zero-order valence-corrected chi connectivity index (χ0v) is 16.8. The summed E-state index contributed by atoms with van der Waals surface area (Å²) in [6.45, 7) is 6.98. The summed E-state index contributed by atoms with van der Waals surface area (Å²) in [5.41, 5.74) is 3.42. The summed E-state index contributed by atoms with van der Waals surface area (Å²) in [5.74, 6) is -0.130. The number of hydrogen-bond donors (Lipinski definition) is 1. The minimum atomic E-state index is -0.408. The molecule has 9 heteroatoms. The standard InChI is InChI=1S/C20H24N6O3/c1-14-9-12-24(22-14)11-4-10-21-20(27)18-7-5-17(6-8-18)13-25-16(3)19(26(28)29)15(2)23-25/h5-9,12H,4,10-11,13H2,1-3H3,(H,21,27). The molecule has 9 nitrogen and oxygen atoms in total. The van der Waals surface area contributed by atoms with E-state index in [1.807, 2.05) is 36.0 Å². The molecule has 0 saturated carbocycles. The summed E-state index contributed by atoms with van der Waals surface area (Å²) in [6.07, 6.45) is 2.72. The van der Waals surface area contributed by atoms with Gasteiger partial charge in [0.1, 0.15) is 11.4 Å². The minimum Gasteiger partial charge on any atom is -0.352 e. The van der Waals surface area contributed by atoms with Crippen molar-refractivity contribution in [1.82, 2.24) is 24.9 Å². The van der Waals surface area contributed by atoms with E-state index in [1.54, 1.807) is 30.7 Å². The molecule has 1 amide bonds. The van der Waals surface area contributed by atoms with Crippen LogP contribution in [0.3, 0.4) is 0 Å². The highest BCUT2D eigenvalue weighted by Gasteiger charge is 2.21. The molecule has 0 radical (unpaired) electrons. The van der Waals surface area contributed by atoms with Crippen molar-refractivity contribution < 1.29 is 9.72 Å². The Bertz CT molecular complexity index is 1020. The van der Waals surface area contributed by atoms with Crippen LogP contribution in [0.4, 0.5) is 5.69 Å². The van der Waals surface area contributed by atoms with E-state index in [9.17, 15) is 14.9 Å². The van der Waals surface area contributed by atoms with Crippen molar-refractivity contribution in [1.29, 1.82) is 0 Å². The van der Waals surface area contributed by atoms with Gasteiger partial charge in [-0.1, -0.05) is 12.1 Å². The highest BCUT2D eigenvalue weighted by atomic mass is 16.6. The van der Waals surface area contributed by atoms with Crippen molar-refractivity contribution in [2.75, 3.05) is 6.54 Å². The van der Waals surface area contributed by atoms with Crippen LogP contribution < -0.4 is 5.32 Å². The molecule has 2 aromatic heterocycles. The van der Waals surface area contributed by atoms with Gasteiger partial charge in [0, 0.05) is 24.8 Å². The number of amides is 1. The zero-order valence-electron chi connectivity index (χ0n) is 16.8. The normalized spacial score (nSPS) is 10.9. The fourth-order valence-corrected chi connectivity index (χ4v) is 3.17. The number of hydrogen-bond acceptors (Lipinski definition) is 5. The molecule has 3 aromatic rings. The average molecular weight is 396 g/mol. The van der Waals surface area contributed by atoms with Crippen LogP contribution in [0, 0.1) is 30.9 Å². The zero-order chi connectivity index (χ0) is 21.0. The molecule has 0 unspecified atom stereocenters. The molecule has 0 bridgehead atoms. The van der Waals surface area contributed by atoms with Gasteiger partial charge in [-0.05, 0) is 51.0 Å². The summed E-state index contributed by atoms with van der Waals surface area (Å²) in [6, 6.07) is 9.13. The Morgan fingerprint density at radius 2 is 1.86 bits per heavy atom. The van der Waals surface area contributed by atoms with Crippen molar-refractivity contribution in [3.05, 3.63) is 74.9 Å².